The van der Waals surface area contributed by atoms with Crippen LogP contribution >= 0.6 is 0 Å². The molecule has 1 saturated heterocycles. The first-order chi connectivity index (χ1) is 17.1. The van der Waals surface area contributed by atoms with Gasteiger partial charge >= 0.3 is 0 Å². The van der Waals surface area contributed by atoms with Crippen LogP contribution in [0, 0.1) is 5.82 Å². The minimum atomic E-state index is -0.167. The second kappa shape index (κ2) is 10.5. The highest BCUT2D eigenvalue weighted by Gasteiger charge is 2.24. The van der Waals surface area contributed by atoms with Crippen molar-refractivity contribution in [1.82, 2.24) is 14.9 Å². The highest BCUT2D eigenvalue weighted by Crippen LogP contribution is 2.29. The molecule has 3 heterocycles. The standard InChI is InChI=1S/C27H32FN5O2/c1-3-35-25-9-8-20(16-26(25)34-2)18-31-11-10-23-21(19-31)17-29-27(30-23)33-14-12-32(13-15-33)24-7-5-4-6-22(24)28/h4-9,16-17H,3,10-15,18-19H2,1-2H3. The van der Waals surface area contributed by atoms with Gasteiger partial charge in [-0.05, 0) is 36.8 Å². The number of benzene rings is 2. The first kappa shape index (κ1) is 23.4. The molecule has 0 bridgehead atoms. The van der Waals surface area contributed by atoms with Gasteiger partial charge in [0, 0.05) is 64.0 Å². The monoisotopic (exact) mass is 477 g/mol. The third-order valence-electron chi connectivity index (χ3n) is 6.69. The van der Waals surface area contributed by atoms with E-state index in [0.29, 0.717) is 12.3 Å². The van der Waals surface area contributed by atoms with Crippen molar-refractivity contribution in [3.05, 3.63) is 71.3 Å². The fourth-order valence-corrected chi connectivity index (χ4v) is 4.85. The molecule has 0 spiro atoms. The minimum Gasteiger partial charge on any atom is -0.493 e. The van der Waals surface area contributed by atoms with Crippen LogP contribution in [0.25, 0.3) is 0 Å². The molecule has 0 saturated carbocycles. The molecule has 2 aromatic carbocycles. The number of ether oxygens (including phenoxy) is 2. The predicted octanol–water partition coefficient (Wildman–Crippen LogP) is 3.91. The first-order valence-corrected chi connectivity index (χ1v) is 12.3. The van der Waals surface area contributed by atoms with Crippen molar-refractivity contribution >= 4 is 11.6 Å². The predicted molar refractivity (Wildman–Crippen MR) is 135 cm³/mol. The van der Waals surface area contributed by atoms with E-state index in [1.54, 1.807) is 13.2 Å². The normalized spacial score (nSPS) is 16.2. The summed E-state index contributed by atoms with van der Waals surface area (Å²) in [6, 6.07) is 13.1. The summed E-state index contributed by atoms with van der Waals surface area (Å²) in [5.74, 6) is 2.16. The number of nitrogens with zero attached hydrogens (tertiary/aromatic N) is 5. The van der Waals surface area contributed by atoms with Crippen molar-refractivity contribution in [2.45, 2.75) is 26.4 Å². The van der Waals surface area contributed by atoms with Gasteiger partial charge in [0.2, 0.25) is 5.95 Å². The maximum absolute atomic E-state index is 14.1. The summed E-state index contributed by atoms with van der Waals surface area (Å²) in [6.45, 7) is 8.24. The highest BCUT2D eigenvalue weighted by atomic mass is 19.1. The first-order valence-electron chi connectivity index (χ1n) is 12.3. The van der Waals surface area contributed by atoms with Crippen LogP contribution in [0.3, 0.4) is 0 Å². The lowest BCUT2D eigenvalue weighted by atomic mass is 10.1. The van der Waals surface area contributed by atoms with Crippen molar-refractivity contribution in [2.24, 2.45) is 0 Å². The molecule has 0 unspecified atom stereocenters. The molecule has 2 aliphatic rings. The SMILES string of the molecule is CCOc1ccc(CN2CCc3nc(N4CCN(c5ccccc5F)CC4)ncc3C2)cc1OC. The second-order valence-corrected chi connectivity index (χ2v) is 8.95. The van der Waals surface area contributed by atoms with Crippen LogP contribution in [-0.4, -0.2) is 61.3 Å². The van der Waals surface area contributed by atoms with Gasteiger partial charge in [0.05, 0.1) is 25.1 Å². The number of hydrogen-bond donors (Lipinski definition) is 0. The number of fused-ring (bicyclic) bond motifs is 1. The Morgan fingerprint density at radius 2 is 1.77 bits per heavy atom. The molecule has 3 aromatic rings. The molecule has 0 radical (unpaired) electrons. The topological polar surface area (TPSA) is 54.0 Å². The Labute approximate surface area is 206 Å². The number of halogens is 1. The number of piperazine rings is 1. The number of aromatic nitrogens is 2. The largest absolute Gasteiger partial charge is 0.493 e. The van der Waals surface area contributed by atoms with Crippen molar-refractivity contribution in [3.63, 3.8) is 0 Å². The van der Waals surface area contributed by atoms with Gasteiger partial charge < -0.3 is 19.3 Å². The van der Waals surface area contributed by atoms with E-state index in [-0.39, 0.29) is 5.82 Å². The summed E-state index contributed by atoms with van der Waals surface area (Å²) in [5, 5.41) is 0. The van der Waals surface area contributed by atoms with Crippen LogP contribution in [-0.2, 0) is 19.5 Å². The van der Waals surface area contributed by atoms with Gasteiger partial charge in [-0.3, -0.25) is 4.90 Å². The lowest BCUT2D eigenvalue weighted by molar-refractivity contribution is 0.242. The Hall–Kier alpha value is -3.39. The average molecular weight is 478 g/mol. The number of para-hydroxylation sites is 1. The Morgan fingerprint density at radius 1 is 0.971 bits per heavy atom. The zero-order chi connectivity index (χ0) is 24.2. The minimum absolute atomic E-state index is 0.167. The molecule has 2 aliphatic heterocycles. The van der Waals surface area contributed by atoms with Crippen molar-refractivity contribution in [2.75, 3.05) is 56.2 Å². The molecule has 0 atom stereocenters. The number of rotatable bonds is 7. The van der Waals surface area contributed by atoms with E-state index >= 15 is 0 Å². The Kier molecular flexibility index (Phi) is 6.99. The summed E-state index contributed by atoms with van der Waals surface area (Å²) < 4.78 is 25.3. The van der Waals surface area contributed by atoms with Crippen molar-refractivity contribution in [1.29, 1.82) is 0 Å². The number of methoxy groups -OCH3 is 1. The zero-order valence-corrected chi connectivity index (χ0v) is 20.4. The molecule has 1 fully saturated rings. The van der Waals surface area contributed by atoms with E-state index < -0.39 is 0 Å². The van der Waals surface area contributed by atoms with Crippen LogP contribution in [0.4, 0.5) is 16.0 Å². The summed E-state index contributed by atoms with van der Waals surface area (Å²) in [4.78, 5) is 16.3. The molecule has 0 amide bonds. The molecular formula is C27H32FN5O2. The van der Waals surface area contributed by atoms with Gasteiger partial charge in [-0.1, -0.05) is 18.2 Å². The van der Waals surface area contributed by atoms with E-state index in [1.807, 2.05) is 31.3 Å². The second-order valence-electron chi connectivity index (χ2n) is 8.95. The van der Waals surface area contributed by atoms with E-state index in [2.05, 4.69) is 26.8 Å². The molecule has 5 rings (SSSR count). The van der Waals surface area contributed by atoms with E-state index in [1.165, 1.54) is 17.2 Å². The summed E-state index contributed by atoms with van der Waals surface area (Å²) in [6.07, 6.45) is 2.88. The molecule has 35 heavy (non-hydrogen) atoms. The lowest BCUT2D eigenvalue weighted by Crippen LogP contribution is -2.47. The smallest absolute Gasteiger partial charge is 0.225 e. The van der Waals surface area contributed by atoms with Crippen LogP contribution < -0.4 is 19.3 Å². The summed E-state index contributed by atoms with van der Waals surface area (Å²) in [5.41, 5.74) is 4.18. The third kappa shape index (κ3) is 5.17. The maximum atomic E-state index is 14.1. The summed E-state index contributed by atoms with van der Waals surface area (Å²) in [7, 11) is 1.67. The highest BCUT2D eigenvalue weighted by molar-refractivity contribution is 5.50. The van der Waals surface area contributed by atoms with Crippen LogP contribution in [0.2, 0.25) is 0 Å². The van der Waals surface area contributed by atoms with E-state index in [0.717, 1.165) is 75.4 Å². The quantitative estimate of drug-likeness (QED) is 0.511. The van der Waals surface area contributed by atoms with Crippen molar-refractivity contribution < 1.29 is 13.9 Å². The van der Waals surface area contributed by atoms with Crippen LogP contribution in [0.1, 0.15) is 23.7 Å². The van der Waals surface area contributed by atoms with Gasteiger partial charge in [-0.25, -0.2) is 14.4 Å². The fourth-order valence-electron chi connectivity index (χ4n) is 4.85. The molecule has 1 aromatic heterocycles. The Balaban J connectivity index is 1.20. The lowest BCUT2D eigenvalue weighted by Gasteiger charge is -2.36. The molecule has 0 N–H and O–H groups in total. The van der Waals surface area contributed by atoms with Gasteiger partial charge in [0.25, 0.3) is 0 Å². The maximum Gasteiger partial charge on any atom is 0.225 e. The average Bonchev–Trinajstić information content (AvgIpc) is 2.90. The number of hydrogen-bond acceptors (Lipinski definition) is 7. The molecule has 0 aliphatic carbocycles. The van der Waals surface area contributed by atoms with Crippen LogP contribution in [0.15, 0.2) is 48.7 Å². The van der Waals surface area contributed by atoms with Crippen LogP contribution in [0.5, 0.6) is 11.5 Å². The van der Waals surface area contributed by atoms with Gasteiger partial charge in [0.1, 0.15) is 5.82 Å². The third-order valence-corrected chi connectivity index (χ3v) is 6.69. The summed E-state index contributed by atoms with van der Waals surface area (Å²) >= 11 is 0. The Bertz CT molecular complexity index is 1170. The molecular weight excluding hydrogens is 445 g/mol. The molecule has 7 nitrogen and oxygen atoms in total. The fraction of sp³-hybridized carbons (Fsp3) is 0.407. The van der Waals surface area contributed by atoms with Gasteiger partial charge in [-0.2, -0.15) is 0 Å². The van der Waals surface area contributed by atoms with E-state index in [4.69, 9.17) is 19.4 Å². The van der Waals surface area contributed by atoms with E-state index in [9.17, 15) is 4.39 Å². The molecule has 184 valence electrons. The van der Waals surface area contributed by atoms with Gasteiger partial charge in [-0.15, -0.1) is 0 Å². The van der Waals surface area contributed by atoms with Crippen molar-refractivity contribution in [3.8, 4) is 11.5 Å². The van der Waals surface area contributed by atoms with Gasteiger partial charge in [0.15, 0.2) is 11.5 Å². The Morgan fingerprint density at radius 3 is 2.54 bits per heavy atom. The molecule has 8 heteroatoms. The zero-order valence-electron chi connectivity index (χ0n) is 20.4. The number of anilines is 2.